The summed E-state index contributed by atoms with van der Waals surface area (Å²) in [6.07, 6.45) is 0.163. The number of amides is 1. The van der Waals surface area contributed by atoms with Crippen LogP contribution >= 0.6 is 0 Å². The van der Waals surface area contributed by atoms with Crippen molar-refractivity contribution in [3.63, 3.8) is 0 Å². The Morgan fingerprint density at radius 2 is 1.72 bits per heavy atom. The summed E-state index contributed by atoms with van der Waals surface area (Å²) in [7, 11) is 0. The summed E-state index contributed by atoms with van der Waals surface area (Å²) < 4.78 is 0. The van der Waals surface area contributed by atoms with Crippen LogP contribution < -0.4 is 5.73 Å². The highest BCUT2D eigenvalue weighted by molar-refractivity contribution is 5.79. The second-order valence-electron chi connectivity index (χ2n) is 3.72. The molecule has 2 N–H and O–H groups in total. The van der Waals surface area contributed by atoms with Crippen LogP contribution in [0.3, 0.4) is 0 Å². The number of nitriles is 2. The molecule has 0 aliphatic carbocycles. The molecule has 5 nitrogen and oxygen atoms in total. The number of nitrogens with two attached hydrogens (primary N) is 1. The van der Waals surface area contributed by atoms with Crippen molar-refractivity contribution in [2.75, 3.05) is 13.1 Å². The van der Waals surface area contributed by atoms with Gasteiger partial charge >= 0.3 is 0 Å². The monoisotopic (exact) mass is 242 g/mol. The Bertz CT molecular complexity index is 482. The van der Waals surface area contributed by atoms with Crippen LogP contribution in [0.25, 0.3) is 0 Å². The minimum Gasteiger partial charge on any atom is -0.326 e. The van der Waals surface area contributed by atoms with Crippen LogP contribution in [0.4, 0.5) is 0 Å². The molecule has 0 aromatic heterocycles. The summed E-state index contributed by atoms with van der Waals surface area (Å²) in [6.45, 7) is 0.217. The van der Waals surface area contributed by atoms with Crippen molar-refractivity contribution in [2.24, 2.45) is 5.73 Å². The predicted molar refractivity (Wildman–Crippen MR) is 65.8 cm³/mol. The van der Waals surface area contributed by atoms with E-state index in [1.165, 1.54) is 4.90 Å². The van der Waals surface area contributed by atoms with Gasteiger partial charge in [0.15, 0.2) is 0 Å². The molecule has 0 aliphatic rings. The molecule has 18 heavy (non-hydrogen) atoms. The lowest BCUT2D eigenvalue weighted by Crippen LogP contribution is -2.33. The van der Waals surface area contributed by atoms with Gasteiger partial charge in [-0.2, -0.15) is 10.5 Å². The molecule has 92 valence electrons. The fourth-order valence-electron chi connectivity index (χ4n) is 1.61. The van der Waals surface area contributed by atoms with Crippen LogP contribution in [0.2, 0.25) is 0 Å². The Morgan fingerprint density at radius 3 is 2.22 bits per heavy atom. The number of hydrogen-bond acceptors (Lipinski definition) is 4. The first-order valence-electron chi connectivity index (χ1n) is 5.51. The molecule has 0 heterocycles. The van der Waals surface area contributed by atoms with Crippen molar-refractivity contribution in [3.8, 4) is 12.1 Å². The number of carbonyl (C=O) groups is 1. The van der Waals surface area contributed by atoms with Crippen LogP contribution in [-0.2, 0) is 17.8 Å². The third kappa shape index (κ3) is 3.58. The van der Waals surface area contributed by atoms with Gasteiger partial charge in [-0.1, -0.05) is 24.3 Å². The van der Waals surface area contributed by atoms with E-state index in [-0.39, 0.29) is 25.4 Å². The minimum atomic E-state index is -0.237. The van der Waals surface area contributed by atoms with Gasteiger partial charge < -0.3 is 10.6 Å². The van der Waals surface area contributed by atoms with E-state index in [4.69, 9.17) is 16.3 Å². The summed E-state index contributed by atoms with van der Waals surface area (Å²) in [5.41, 5.74) is 7.33. The summed E-state index contributed by atoms with van der Waals surface area (Å²) >= 11 is 0. The minimum absolute atomic E-state index is 0.0722. The Hall–Kier alpha value is -2.37. The number of carbonyl (C=O) groups excluding carboxylic acids is 1. The van der Waals surface area contributed by atoms with E-state index < -0.39 is 0 Å². The standard InChI is InChI=1S/C13H14N4O/c14-5-7-17(8-6-15)13(18)9-11-3-1-2-4-12(11)10-16/h1-4H,7-10,16H2. The predicted octanol–water partition coefficient (Wildman–Crippen LogP) is 0.564. The van der Waals surface area contributed by atoms with Gasteiger partial charge in [-0.15, -0.1) is 0 Å². The van der Waals surface area contributed by atoms with Crippen LogP contribution in [-0.4, -0.2) is 23.9 Å². The molecule has 0 atom stereocenters. The van der Waals surface area contributed by atoms with E-state index in [0.29, 0.717) is 6.54 Å². The van der Waals surface area contributed by atoms with Crippen molar-refractivity contribution >= 4 is 5.91 Å². The van der Waals surface area contributed by atoms with Crippen molar-refractivity contribution in [2.45, 2.75) is 13.0 Å². The van der Waals surface area contributed by atoms with Gasteiger partial charge in [-0.25, -0.2) is 0 Å². The maximum absolute atomic E-state index is 11.9. The van der Waals surface area contributed by atoms with Gasteiger partial charge in [0.25, 0.3) is 0 Å². The molecular weight excluding hydrogens is 228 g/mol. The molecule has 1 amide bonds. The van der Waals surface area contributed by atoms with Crippen molar-refractivity contribution in [3.05, 3.63) is 35.4 Å². The van der Waals surface area contributed by atoms with Crippen LogP contribution in [0.15, 0.2) is 24.3 Å². The fraction of sp³-hybridized carbons (Fsp3) is 0.308. The molecule has 1 aromatic rings. The Labute approximate surface area is 106 Å². The molecule has 1 aromatic carbocycles. The number of benzene rings is 1. The highest BCUT2D eigenvalue weighted by atomic mass is 16.2. The second-order valence-corrected chi connectivity index (χ2v) is 3.72. The van der Waals surface area contributed by atoms with E-state index in [1.807, 2.05) is 36.4 Å². The van der Waals surface area contributed by atoms with E-state index >= 15 is 0 Å². The molecule has 5 heteroatoms. The third-order valence-electron chi connectivity index (χ3n) is 2.56. The molecular formula is C13H14N4O. The Morgan fingerprint density at radius 1 is 1.17 bits per heavy atom. The topological polar surface area (TPSA) is 93.9 Å². The average Bonchev–Trinajstić information content (AvgIpc) is 2.39. The van der Waals surface area contributed by atoms with Gasteiger partial charge in [-0.05, 0) is 11.1 Å². The summed E-state index contributed by atoms with van der Waals surface area (Å²) in [6, 6.07) is 11.1. The zero-order valence-electron chi connectivity index (χ0n) is 9.97. The molecule has 0 unspecified atom stereocenters. The molecule has 0 saturated carbocycles. The average molecular weight is 242 g/mol. The van der Waals surface area contributed by atoms with Crippen molar-refractivity contribution in [1.29, 1.82) is 10.5 Å². The number of rotatable bonds is 5. The smallest absolute Gasteiger partial charge is 0.228 e. The van der Waals surface area contributed by atoms with Crippen molar-refractivity contribution < 1.29 is 4.79 Å². The molecule has 0 fully saturated rings. The largest absolute Gasteiger partial charge is 0.326 e. The maximum Gasteiger partial charge on any atom is 0.228 e. The van der Waals surface area contributed by atoms with Gasteiger partial charge in [0.1, 0.15) is 13.1 Å². The van der Waals surface area contributed by atoms with E-state index in [9.17, 15) is 4.79 Å². The van der Waals surface area contributed by atoms with Gasteiger partial charge in [0, 0.05) is 6.54 Å². The van der Waals surface area contributed by atoms with Crippen LogP contribution in [0, 0.1) is 22.7 Å². The summed E-state index contributed by atoms with van der Waals surface area (Å²) in [5.74, 6) is -0.237. The molecule has 0 saturated heterocycles. The molecule has 1 rings (SSSR count). The van der Waals surface area contributed by atoms with E-state index in [2.05, 4.69) is 0 Å². The Balaban J connectivity index is 2.80. The van der Waals surface area contributed by atoms with E-state index in [1.54, 1.807) is 0 Å². The third-order valence-corrected chi connectivity index (χ3v) is 2.56. The first-order chi connectivity index (χ1) is 8.72. The SMILES string of the molecule is N#CCN(CC#N)C(=O)Cc1ccccc1CN. The number of hydrogen-bond donors (Lipinski definition) is 1. The second kappa shape index (κ2) is 7.05. The summed E-state index contributed by atoms with van der Waals surface area (Å²) in [4.78, 5) is 13.2. The first kappa shape index (κ1) is 13.7. The summed E-state index contributed by atoms with van der Waals surface area (Å²) in [5, 5.41) is 17.2. The lowest BCUT2D eigenvalue weighted by Gasteiger charge is -2.16. The van der Waals surface area contributed by atoms with Gasteiger partial charge in [0.2, 0.25) is 5.91 Å². The normalized spacial score (nSPS) is 9.28. The fourth-order valence-corrected chi connectivity index (χ4v) is 1.61. The molecule has 0 spiro atoms. The molecule has 0 bridgehead atoms. The lowest BCUT2D eigenvalue weighted by atomic mass is 10.0. The lowest BCUT2D eigenvalue weighted by molar-refractivity contribution is -0.129. The number of nitrogens with zero attached hydrogens (tertiary/aromatic N) is 3. The zero-order chi connectivity index (χ0) is 13.4. The highest BCUT2D eigenvalue weighted by Crippen LogP contribution is 2.10. The van der Waals surface area contributed by atoms with Crippen molar-refractivity contribution in [1.82, 2.24) is 4.90 Å². The molecule has 0 aliphatic heterocycles. The van der Waals surface area contributed by atoms with Crippen LogP contribution in [0.1, 0.15) is 11.1 Å². The Kier molecular flexibility index (Phi) is 5.37. The quantitative estimate of drug-likeness (QED) is 0.763. The maximum atomic E-state index is 11.9. The van der Waals surface area contributed by atoms with Crippen LogP contribution in [0.5, 0.6) is 0 Å². The first-order valence-corrected chi connectivity index (χ1v) is 5.51. The van der Waals surface area contributed by atoms with Gasteiger partial charge in [0.05, 0.1) is 18.6 Å². The zero-order valence-corrected chi connectivity index (χ0v) is 9.97. The highest BCUT2D eigenvalue weighted by Gasteiger charge is 2.14. The van der Waals surface area contributed by atoms with E-state index in [0.717, 1.165) is 11.1 Å². The molecule has 0 radical (unpaired) electrons. The van der Waals surface area contributed by atoms with Gasteiger partial charge in [-0.3, -0.25) is 4.79 Å².